The van der Waals surface area contributed by atoms with Crippen LogP contribution in [0.2, 0.25) is 0 Å². The second-order valence-electron chi connectivity index (χ2n) is 6.45. The zero-order valence-corrected chi connectivity index (χ0v) is 15.3. The lowest BCUT2D eigenvalue weighted by Gasteiger charge is -2.24. The molecule has 0 saturated carbocycles. The number of halogens is 1. The summed E-state index contributed by atoms with van der Waals surface area (Å²) in [7, 11) is 1.61. The first-order valence-electron chi connectivity index (χ1n) is 8.84. The second kappa shape index (κ2) is 7.77. The SMILES string of the molecule is COc1ccc(CNC(=O)c2nnn3c2CO[C@@H](c2ccc(F)cc2)C3)cc1. The van der Waals surface area contributed by atoms with Gasteiger partial charge in [-0.05, 0) is 35.4 Å². The first-order chi connectivity index (χ1) is 13.6. The highest BCUT2D eigenvalue weighted by Gasteiger charge is 2.27. The van der Waals surface area contributed by atoms with E-state index in [2.05, 4.69) is 15.6 Å². The minimum absolute atomic E-state index is 0.209. The summed E-state index contributed by atoms with van der Waals surface area (Å²) in [5.41, 5.74) is 2.69. The summed E-state index contributed by atoms with van der Waals surface area (Å²) in [5.74, 6) is 0.160. The molecular weight excluding hydrogens is 363 g/mol. The Hall–Kier alpha value is -3.26. The second-order valence-corrected chi connectivity index (χ2v) is 6.45. The standard InChI is InChI=1S/C20H19FN4O3/c1-27-16-8-2-13(3-9-16)10-22-20(26)19-17-12-28-18(11-25(17)24-23-19)14-4-6-15(21)7-5-14/h2-9,18H,10-12H2,1H3,(H,22,26)/t18-/m1/s1. The molecule has 0 spiro atoms. The molecule has 0 saturated heterocycles. The van der Waals surface area contributed by atoms with E-state index in [0.717, 1.165) is 16.9 Å². The van der Waals surface area contributed by atoms with E-state index in [4.69, 9.17) is 9.47 Å². The fourth-order valence-electron chi connectivity index (χ4n) is 3.08. The number of hydrogen-bond donors (Lipinski definition) is 1. The van der Waals surface area contributed by atoms with E-state index in [0.29, 0.717) is 18.8 Å². The Labute approximate surface area is 161 Å². The van der Waals surface area contributed by atoms with E-state index in [1.165, 1.54) is 12.1 Å². The molecule has 28 heavy (non-hydrogen) atoms. The highest BCUT2D eigenvalue weighted by molar-refractivity contribution is 5.93. The third kappa shape index (κ3) is 3.72. The van der Waals surface area contributed by atoms with E-state index in [1.54, 1.807) is 23.9 Å². The summed E-state index contributed by atoms with van der Waals surface area (Å²) in [6.07, 6.45) is -0.259. The van der Waals surface area contributed by atoms with Crippen molar-refractivity contribution < 1.29 is 18.7 Å². The molecule has 1 aliphatic rings. The van der Waals surface area contributed by atoms with Crippen LogP contribution in [-0.2, 0) is 24.4 Å². The third-order valence-electron chi connectivity index (χ3n) is 4.67. The summed E-state index contributed by atoms with van der Waals surface area (Å²) in [5, 5.41) is 10.9. The Morgan fingerprint density at radius 2 is 2.00 bits per heavy atom. The Kier molecular flexibility index (Phi) is 5.03. The molecule has 8 heteroatoms. The van der Waals surface area contributed by atoms with E-state index in [9.17, 15) is 9.18 Å². The van der Waals surface area contributed by atoms with Gasteiger partial charge in [0.25, 0.3) is 5.91 Å². The zero-order chi connectivity index (χ0) is 19.5. The number of benzene rings is 2. The summed E-state index contributed by atoms with van der Waals surface area (Å²) in [6.45, 7) is 0.994. The van der Waals surface area contributed by atoms with Crippen LogP contribution in [0.15, 0.2) is 48.5 Å². The molecule has 1 aliphatic heterocycles. The maximum atomic E-state index is 13.1. The predicted octanol–water partition coefficient (Wildman–Crippen LogP) is 2.63. The van der Waals surface area contributed by atoms with Gasteiger partial charge in [0.05, 0.1) is 26.0 Å². The number of amides is 1. The number of fused-ring (bicyclic) bond motifs is 1. The first kappa shape index (κ1) is 18.1. The number of hydrogen-bond acceptors (Lipinski definition) is 5. The Morgan fingerprint density at radius 3 is 2.71 bits per heavy atom. The molecule has 2 heterocycles. The van der Waals surface area contributed by atoms with E-state index >= 15 is 0 Å². The molecule has 1 atom stereocenters. The monoisotopic (exact) mass is 382 g/mol. The van der Waals surface area contributed by atoms with Gasteiger partial charge in [-0.1, -0.05) is 29.5 Å². The van der Waals surface area contributed by atoms with Gasteiger partial charge in [-0.3, -0.25) is 4.79 Å². The molecule has 0 bridgehead atoms. The number of carbonyl (C=O) groups is 1. The quantitative estimate of drug-likeness (QED) is 0.734. The molecule has 0 unspecified atom stereocenters. The van der Waals surface area contributed by atoms with Gasteiger partial charge in [0.1, 0.15) is 17.7 Å². The van der Waals surface area contributed by atoms with Crippen LogP contribution in [0, 0.1) is 5.82 Å². The van der Waals surface area contributed by atoms with Crippen LogP contribution < -0.4 is 10.1 Å². The third-order valence-corrected chi connectivity index (χ3v) is 4.67. The van der Waals surface area contributed by atoms with Crippen LogP contribution in [-0.4, -0.2) is 28.0 Å². The number of nitrogens with one attached hydrogen (secondary N) is 1. The first-order valence-corrected chi connectivity index (χ1v) is 8.84. The molecule has 0 radical (unpaired) electrons. The lowest BCUT2D eigenvalue weighted by atomic mass is 10.1. The van der Waals surface area contributed by atoms with Crippen molar-refractivity contribution in [3.05, 3.63) is 76.9 Å². The molecule has 3 aromatic rings. The minimum atomic E-state index is -0.305. The van der Waals surface area contributed by atoms with Gasteiger partial charge in [0.2, 0.25) is 0 Å². The van der Waals surface area contributed by atoms with Crippen molar-refractivity contribution in [2.75, 3.05) is 7.11 Å². The van der Waals surface area contributed by atoms with Gasteiger partial charge in [-0.2, -0.15) is 0 Å². The largest absolute Gasteiger partial charge is 0.497 e. The van der Waals surface area contributed by atoms with Crippen molar-refractivity contribution in [3.63, 3.8) is 0 Å². The van der Waals surface area contributed by atoms with Gasteiger partial charge >= 0.3 is 0 Å². The molecule has 1 aromatic heterocycles. The number of ether oxygens (including phenoxy) is 2. The maximum Gasteiger partial charge on any atom is 0.274 e. The summed E-state index contributed by atoms with van der Waals surface area (Å²) in [6, 6.07) is 13.6. The van der Waals surface area contributed by atoms with Crippen molar-refractivity contribution in [1.29, 1.82) is 0 Å². The van der Waals surface area contributed by atoms with E-state index in [-0.39, 0.29) is 30.1 Å². The number of carbonyl (C=O) groups excluding carboxylic acids is 1. The maximum absolute atomic E-state index is 13.1. The molecule has 2 aromatic carbocycles. The molecule has 0 fully saturated rings. The molecule has 1 N–H and O–H groups in total. The van der Waals surface area contributed by atoms with Crippen molar-refractivity contribution in [2.24, 2.45) is 0 Å². The average Bonchev–Trinajstić information content (AvgIpc) is 3.16. The van der Waals surface area contributed by atoms with Crippen LogP contribution in [0.1, 0.15) is 33.4 Å². The number of nitrogens with zero attached hydrogens (tertiary/aromatic N) is 3. The smallest absolute Gasteiger partial charge is 0.274 e. The molecule has 144 valence electrons. The highest BCUT2D eigenvalue weighted by atomic mass is 19.1. The highest BCUT2D eigenvalue weighted by Crippen LogP contribution is 2.27. The normalized spacial score (nSPS) is 15.7. The number of methoxy groups -OCH3 is 1. The van der Waals surface area contributed by atoms with Crippen LogP contribution in [0.4, 0.5) is 4.39 Å². The van der Waals surface area contributed by atoms with E-state index < -0.39 is 0 Å². The minimum Gasteiger partial charge on any atom is -0.497 e. The number of aromatic nitrogens is 3. The molecule has 4 rings (SSSR count). The van der Waals surface area contributed by atoms with Crippen LogP contribution in [0.5, 0.6) is 5.75 Å². The Bertz CT molecular complexity index is 970. The van der Waals surface area contributed by atoms with Crippen LogP contribution in [0.3, 0.4) is 0 Å². The van der Waals surface area contributed by atoms with Gasteiger partial charge in [-0.15, -0.1) is 5.10 Å². The Balaban J connectivity index is 1.41. The molecule has 7 nitrogen and oxygen atoms in total. The molecule has 1 amide bonds. The van der Waals surface area contributed by atoms with E-state index in [1.807, 2.05) is 24.3 Å². The summed E-state index contributed by atoms with van der Waals surface area (Å²) >= 11 is 0. The predicted molar refractivity (Wildman–Crippen MR) is 98.1 cm³/mol. The van der Waals surface area contributed by atoms with Gasteiger partial charge in [0, 0.05) is 6.54 Å². The fourth-order valence-corrected chi connectivity index (χ4v) is 3.08. The molecular formula is C20H19FN4O3. The summed E-state index contributed by atoms with van der Waals surface area (Å²) < 4.78 is 25.7. The van der Waals surface area contributed by atoms with Gasteiger partial charge in [-0.25, -0.2) is 9.07 Å². The van der Waals surface area contributed by atoms with Crippen molar-refractivity contribution in [3.8, 4) is 5.75 Å². The topological polar surface area (TPSA) is 78.3 Å². The van der Waals surface area contributed by atoms with Crippen molar-refractivity contribution in [1.82, 2.24) is 20.3 Å². The zero-order valence-electron chi connectivity index (χ0n) is 15.3. The van der Waals surface area contributed by atoms with Crippen LogP contribution >= 0.6 is 0 Å². The van der Waals surface area contributed by atoms with Crippen LogP contribution in [0.25, 0.3) is 0 Å². The Morgan fingerprint density at radius 1 is 1.25 bits per heavy atom. The summed E-state index contributed by atoms with van der Waals surface area (Å²) in [4.78, 5) is 12.5. The molecule has 0 aliphatic carbocycles. The van der Waals surface area contributed by atoms with Gasteiger partial charge < -0.3 is 14.8 Å². The fraction of sp³-hybridized carbons (Fsp3) is 0.250. The van der Waals surface area contributed by atoms with Gasteiger partial charge in [0.15, 0.2) is 5.69 Å². The lowest BCUT2D eigenvalue weighted by Crippen LogP contribution is -2.27. The average molecular weight is 382 g/mol. The number of rotatable bonds is 5. The van der Waals surface area contributed by atoms with Crippen molar-refractivity contribution in [2.45, 2.75) is 25.8 Å². The van der Waals surface area contributed by atoms with Crippen molar-refractivity contribution >= 4 is 5.91 Å². The lowest BCUT2D eigenvalue weighted by molar-refractivity contribution is -0.00180.